The molecular weight excluding hydrogens is 568 g/mol. The second kappa shape index (κ2) is 10.6. The largest absolute Gasteiger partial charge is 0.355 e. The van der Waals surface area contributed by atoms with Gasteiger partial charge in [-0.05, 0) is 66.8 Å². The second-order valence-electron chi connectivity index (χ2n) is 16.1. The lowest BCUT2D eigenvalue weighted by Crippen LogP contribution is -2.47. The first-order chi connectivity index (χ1) is 21.3. The van der Waals surface area contributed by atoms with E-state index < -0.39 is 0 Å². The van der Waals surface area contributed by atoms with Gasteiger partial charge >= 0.3 is 0 Å². The zero-order valence-electron chi connectivity index (χ0n) is 29.6. The summed E-state index contributed by atoms with van der Waals surface area (Å²) >= 11 is 0. The van der Waals surface area contributed by atoms with Crippen LogP contribution in [-0.2, 0) is 0 Å². The minimum Gasteiger partial charge on any atom is -0.355 e. The van der Waals surface area contributed by atoms with Gasteiger partial charge in [-0.2, -0.15) is 0 Å². The van der Waals surface area contributed by atoms with Crippen molar-refractivity contribution in [1.82, 2.24) is 37.9 Å². The number of rotatable bonds is 5. The molecule has 46 heavy (non-hydrogen) atoms. The van der Waals surface area contributed by atoms with Gasteiger partial charge in [0, 0.05) is 33.7 Å². The highest BCUT2D eigenvalue weighted by Gasteiger charge is 2.45. The third kappa shape index (κ3) is 5.97. The van der Waals surface area contributed by atoms with Crippen molar-refractivity contribution in [3.05, 3.63) is 71.3 Å². The van der Waals surface area contributed by atoms with Crippen LogP contribution in [0.25, 0.3) is 57.5 Å². The average molecular weight is 619 g/mol. The van der Waals surface area contributed by atoms with E-state index in [2.05, 4.69) is 167 Å². The van der Waals surface area contributed by atoms with E-state index in [1.54, 1.807) is 0 Å². The van der Waals surface area contributed by atoms with Crippen molar-refractivity contribution in [1.29, 1.82) is 0 Å². The summed E-state index contributed by atoms with van der Waals surface area (Å²) in [5.74, 6) is 0. The number of H-pyrrole nitrogens is 2. The Balaban J connectivity index is 1.85. The lowest BCUT2D eigenvalue weighted by molar-refractivity contribution is 0.410. The van der Waals surface area contributed by atoms with Gasteiger partial charge in [0.1, 0.15) is 0 Å². The zero-order chi connectivity index (χ0) is 33.4. The summed E-state index contributed by atoms with van der Waals surface area (Å²) in [6.07, 6.45) is 8.51. The summed E-state index contributed by atoms with van der Waals surface area (Å²) < 4.78 is 2.69. The highest BCUT2D eigenvalue weighted by Crippen LogP contribution is 2.55. The Hall–Kier alpha value is -4.34. The van der Waals surface area contributed by atoms with Crippen molar-refractivity contribution >= 4 is 69.1 Å². The number of aromatic nitrogens is 4. The molecule has 2 aliphatic rings. The highest BCUT2D eigenvalue weighted by molar-refractivity contribution is 6.02. The van der Waals surface area contributed by atoms with Crippen LogP contribution >= 0.6 is 0 Å². The summed E-state index contributed by atoms with van der Waals surface area (Å²) in [5, 5.41) is 0. The molecule has 0 radical (unpaired) electrons. The van der Waals surface area contributed by atoms with Gasteiger partial charge in [0.25, 0.3) is 11.4 Å². The molecule has 5 heterocycles. The molecule has 1 aromatic carbocycles. The Bertz CT molecular complexity index is 1990. The highest BCUT2D eigenvalue weighted by atomic mass is 15.4. The number of quaternary nitrogens is 4. The Labute approximate surface area is 273 Å². The molecule has 0 unspecified atom stereocenters. The topological polar surface area (TPSA) is 57.4 Å². The van der Waals surface area contributed by atoms with Crippen molar-refractivity contribution in [3.8, 4) is 11.1 Å². The molecule has 0 atom stereocenters. The Morgan fingerprint density at radius 1 is 0.435 bits per heavy atom. The zero-order valence-corrected chi connectivity index (χ0v) is 29.6. The van der Waals surface area contributed by atoms with Crippen LogP contribution in [0.1, 0.15) is 22.8 Å². The Morgan fingerprint density at radius 2 is 0.848 bits per heavy atom. The van der Waals surface area contributed by atoms with Gasteiger partial charge in [-0.15, -0.1) is 0 Å². The van der Waals surface area contributed by atoms with Gasteiger partial charge in [0.2, 0.25) is 11.4 Å². The third-order valence-electron chi connectivity index (χ3n) is 8.45. The lowest BCUT2D eigenvalue weighted by atomic mass is 9.93. The number of hydrogen-bond acceptors (Lipinski definition) is 2. The summed E-state index contributed by atoms with van der Waals surface area (Å²) in [5.41, 5.74) is 15.1. The van der Waals surface area contributed by atoms with Gasteiger partial charge in [0.05, 0.1) is 113 Å². The maximum atomic E-state index is 5.25. The van der Waals surface area contributed by atoms with E-state index in [0.29, 0.717) is 17.9 Å². The molecule has 8 heteroatoms. The molecule has 3 aromatic heterocycles. The van der Waals surface area contributed by atoms with Crippen LogP contribution in [0, 0.1) is 0 Å². The third-order valence-corrected chi connectivity index (χ3v) is 8.45. The molecule has 0 aliphatic carbocycles. The van der Waals surface area contributed by atoms with Crippen LogP contribution in [-0.4, -0.2) is 105 Å². The monoisotopic (exact) mass is 618 g/mol. The molecule has 0 amide bonds. The van der Waals surface area contributed by atoms with Crippen LogP contribution in [0.15, 0.2) is 48.5 Å². The van der Waals surface area contributed by atoms with Gasteiger partial charge < -0.3 is 9.97 Å². The predicted octanol–water partition coefficient (Wildman–Crippen LogP) is 7.11. The first-order valence-electron chi connectivity index (χ1n) is 15.9. The molecule has 2 aliphatic heterocycles. The molecule has 8 bridgehead atoms. The van der Waals surface area contributed by atoms with Crippen LogP contribution in [0.3, 0.4) is 0 Å². The summed E-state index contributed by atoms with van der Waals surface area (Å²) in [4.78, 5) is 17.6. The predicted molar refractivity (Wildman–Crippen MR) is 203 cm³/mol. The quantitative estimate of drug-likeness (QED) is 0.202. The van der Waals surface area contributed by atoms with Crippen molar-refractivity contribution < 1.29 is 0 Å². The standard InChI is InChI=1S/C38H50N8/c1-43(2,3)34-24-31(36(44(4,5)6)38(46(10,11)12)37(34)45(7,8)9)35-32-19-17-29(41-32)22-27-15-13-25(39-27)21-26-14-16-28(40-26)23-30-18-20-33(35)42-30/h13-24,39-40H,1-12H3/q+4. The molecule has 2 N–H and O–H groups in total. The smallest absolute Gasteiger partial charge is 0.262 e. The van der Waals surface area contributed by atoms with E-state index in [0.717, 1.165) is 56.0 Å². The number of nitrogens with zero attached hydrogens (tertiary/aromatic N) is 6. The fraction of sp³-hybridized carbons (Fsp3) is 0.316. The van der Waals surface area contributed by atoms with Crippen LogP contribution in [0.4, 0.5) is 22.7 Å². The molecule has 8 nitrogen and oxygen atoms in total. The average Bonchev–Trinajstić information content (AvgIpc) is 3.72. The van der Waals surface area contributed by atoms with Crippen LogP contribution in [0.5, 0.6) is 0 Å². The molecule has 238 valence electrons. The molecule has 0 saturated carbocycles. The van der Waals surface area contributed by atoms with Gasteiger partial charge in [0.15, 0.2) is 0 Å². The number of aromatic amines is 2. The molecule has 0 spiro atoms. The molecule has 0 fully saturated rings. The van der Waals surface area contributed by atoms with Crippen LogP contribution < -0.4 is 17.9 Å². The van der Waals surface area contributed by atoms with E-state index in [1.165, 1.54) is 22.7 Å². The van der Waals surface area contributed by atoms with Crippen LogP contribution in [0.2, 0.25) is 0 Å². The fourth-order valence-electron chi connectivity index (χ4n) is 6.60. The number of fused-ring (bicyclic) bond motifs is 8. The molecule has 6 rings (SSSR count). The van der Waals surface area contributed by atoms with E-state index in [9.17, 15) is 0 Å². The summed E-state index contributed by atoms with van der Waals surface area (Å²) in [7, 11) is 27.3. The number of nitrogens with one attached hydrogen (secondary N) is 2. The van der Waals surface area contributed by atoms with E-state index in [4.69, 9.17) is 9.97 Å². The SMILES string of the molecule is C[N+](C)(C)c1cc(-c2c3nc(cc4ccc(cc5ccc(cc6nc2C=C6)[nH]5)[nH]4)C=C3)c([N+](C)(C)C)c([N+](C)(C)C)c1[N+](C)(C)C. The van der Waals surface area contributed by atoms with Crippen molar-refractivity contribution in [2.45, 2.75) is 0 Å². The van der Waals surface area contributed by atoms with Gasteiger partial charge in [-0.25, -0.2) is 9.97 Å². The molecular formula is C38H50N8+4. The van der Waals surface area contributed by atoms with E-state index in [1.807, 2.05) is 0 Å². The Morgan fingerprint density at radius 3 is 1.24 bits per heavy atom. The number of benzene rings is 1. The van der Waals surface area contributed by atoms with Crippen molar-refractivity contribution in [2.75, 3.05) is 84.6 Å². The molecule has 4 aromatic rings. The van der Waals surface area contributed by atoms with Gasteiger partial charge in [-0.3, -0.25) is 17.9 Å². The second-order valence-corrected chi connectivity index (χ2v) is 16.1. The fourth-order valence-corrected chi connectivity index (χ4v) is 6.60. The first-order valence-corrected chi connectivity index (χ1v) is 15.9. The van der Waals surface area contributed by atoms with E-state index >= 15 is 0 Å². The Kier molecular flexibility index (Phi) is 7.29. The minimum absolute atomic E-state index is 0.639. The maximum absolute atomic E-state index is 5.25. The van der Waals surface area contributed by atoms with E-state index in [-0.39, 0.29) is 0 Å². The minimum atomic E-state index is 0.639. The normalized spacial score (nSPS) is 13.9. The lowest BCUT2D eigenvalue weighted by Gasteiger charge is -2.39. The number of hydrogen-bond donors (Lipinski definition) is 2. The molecule has 0 saturated heterocycles. The maximum Gasteiger partial charge on any atom is 0.262 e. The summed E-state index contributed by atoms with van der Waals surface area (Å²) in [6.45, 7) is 0. The van der Waals surface area contributed by atoms with Crippen molar-refractivity contribution in [3.63, 3.8) is 0 Å². The first kappa shape index (κ1) is 31.6. The van der Waals surface area contributed by atoms with Gasteiger partial charge in [-0.1, -0.05) is 0 Å². The van der Waals surface area contributed by atoms with Crippen molar-refractivity contribution in [2.24, 2.45) is 0 Å². The summed E-state index contributed by atoms with van der Waals surface area (Å²) in [6, 6.07) is 17.2.